The number of aromatic nitrogens is 3. The first-order valence-electron chi connectivity index (χ1n) is 19.7. The van der Waals surface area contributed by atoms with E-state index in [1.165, 1.54) is 9.80 Å². The van der Waals surface area contributed by atoms with Gasteiger partial charge in [0.2, 0.25) is 23.7 Å². The van der Waals surface area contributed by atoms with E-state index in [1.807, 2.05) is 90.9 Å². The maximum Gasteiger partial charge on any atom is 0.327 e. The summed E-state index contributed by atoms with van der Waals surface area (Å²) in [6, 6.07) is 15.1. The number of carbonyl (C=O) groups excluding carboxylic acids is 5. The molecule has 1 saturated heterocycles. The van der Waals surface area contributed by atoms with Gasteiger partial charge in [0.05, 0.1) is 24.5 Å². The Morgan fingerprint density at radius 3 is 2.28 bits per heavy atom. The van der Waals surface area contributed by atoms with Crippen molar-refractivity contribution in [2.75, 3.05) is 22.1 Å². The van der Waals surface area contributed by atoms with Crippen molar-refractivity contribution in [3.05, 3.63) is 101 Å². The Balaban J connectivity index is 1.12. The first-order chi connectivity index (χ1) is 27.7. The van der Waals surface area contributed by atoms with Crippen molar-refractivity contribution in [2.45, 2.75) is 92.0 Å². The van der Waals surface area contributed by atoms with E-state index in [0.29, 0.717) is 48.1 Å². The van der Waals surface area contributed by atoms with Gasteiger partial charge in [0.25, 0.3) is 5.91 Å². The lowest BCUT2D eigenvalue weighted by Gasteiger charge is -2.32. The number of hydrogen-bond acceptors (Lipinski definition) is 9. The highest BCUT2D eigenvalue weighted by atomic mass is 16.2. The molecule has 1 fully saturated rings. The first-order valence-corrected chi connectivity index (χ1v) is 19.7. The predicted molar refractivity (Wildman–Crippen MR) is 221 cm³/mol. The maximum absolute atomic E-state index is 14.2. The Morgan fingerprint density at radius 2 is 1.59 bits per heavy atom. The van der Waals surface area contributed by atoms with Crippen LogP contribution in [0.15, 0.2) is 73.1 Å². The number of nitrogens with zero attached hydrogens (tertiary/aromatic N) is 5. The Hall–Kier alpha value is -6.38. The minimum atomic E-state index is -0.942. The zero-order valence-electron chi connectivity index (χ0n) is 34.0. The number of likely N-dealkylation sites (tertiary alicyclic amines) is 1. The molecule has 0 bridgehead atoms. The molecule has 0 unspecified atom stereocenters. The molecule has 2 aromatic heterocycles. The first kappa shape index (κ1) is 41.3. The van der Waals surface area contributed by atoms with Gasteiger partial charge in [0, 0.05) is 35.2 Å². The van der Waals surface area contributed by atoms with Gasteiger partial charge in [0.15, 0.2) is 0 Å². The molecule has 4 aromatic rings. The van der Waals surface area contributed by atoms with Crippen LogP contribution in [-0.4, -0.2) is 74.2 Å². The number of benzene rings is 2. The maximum atomic E-state index is 14.2. The SMILES string of the molecule is Cc1ccc(Nc2ncc3c(n2)NC(=O)N(c2cc(C(=O)N[C@H](C(=O)N4CCC[C@H]4C(=O)N[C@H](C(=O)N[C@H](C)c4ccccc4)C(C)C)C(C)C)ccc2C)C3)cn1. The van der Waals surface area contributed by atoms with E-state index in [2.05, 4.69) is 41.5 Å². The highest BCUT2D eigenvalue weighted by Crippen LogP contribution is 2.30. The molecule has 0 aliphatic carbocycles. The van der Waals surface area contributed by atoms with E-state index in [9.17, 15) is 24.0 Å². The lowest BCUT2D eigenvalue weighted by Crippen LogP contribution is -2.58. The number of hydrogen-bond donors (Lipinski definition) is 5. The van der Waals surface area contributed by atoms with Crippen LogP contribution in [0.2, 0.25) is 0 Å². The van der Waals surface area contributed by atoms with E-state index in [1.54, 1.807) is 30.6 Å². The summed E-state index contributed by atoms with van der Waals surface area (Å²) >= 11 is 0. The van der Waals surface area contributed by atoms with Gasteiger partial charge in [-0.25, -0.2) is 9.78 Å². The summed E-state index contributed by atoms with van der Waals surface area (Å²) in [5.74, 6) is -1.44. The van der Waals surface area contributed by atoms with E-state index in [-0.39, 0.29) is 41.8 Å². The van der Waals surface area contributed by atoms with Crippen LogP contribution in [0.3, 0.4) is 0 Å². The third kappa shape index (κ3) is 9.41. The molecule has 15 nitrogen and oxygen atoms in total. The van der Waals surface area contributed by atoms with Gasteiger partial charge >= 0.3 is 6.03 Å². The van der Waals surface area contributed by atoms with E-state index < -0.39 is 36.0 Å². The zero-order valence-corrected chi connectivity index (χ0v) is 34.0. The Kier molecular flexibility index (Phi) is 12.7. The van der Waals surface area contributed by atoms with Crippen LogP contribution in [0, 0.1) is 25.7 Å². The second-order valence-electron chi connectivity index (χ2n) is 15.7. The zero-order chi connectivity index (χ0) is 41.7. The van der Waals surface area contributed by atoms with Crippen molar-refractivity contribution < 1.29 is 24.0 Å². The fraction of sp³-hybridized carbons (Fsp3) is 0.395. The number of anilines is 4. The number of carbonyl (C=O) groups is 5. The van der Waals surface area contributed by atoms with Gasteiger partial charge in [0.1, 0.15) is 23.9 Å². The van der Waals surface area contributed by atoms with Crippen LogP contribution >= 0.6 is 0 Å². The van der Waals surface area contributed by atoms with Crippen molar-refractivity contribution in [1.82, 2.24) is 35.8 Å². The summed E-state index contributed by atoms with van der Waals surface area (Å²) < 4.78 is 0. The quantitative estimate of drug-likeness (QED) is 0.116. The van der Waals surface area contributed by atoms with Crippen molar-refractivity contribution in [3.63, 3.8) is 0 Å². The van der Waals surface area contributed by atoms with Gasteiger partial charge in [-0.3, -0.25) is 34.4 Å². The van der Waals surface area contributed by atoms with Gasteiger partial charge in [-0.1, -0.05) is 64.1 Å². The molecule has 2 aliphatic heterocycles. The number of urea groups is 1. The fourth-order valence-electron chi connectivity index (χ4n) is 7.14. The number of nitrogens with one attached hydrogen (secondary N) is 5. The molecule has 5 N–H and O–H groups in total. The highest BCUT2D eigenvalue weighted by molar-refractivity contribution is 6.06. The lowest BCUT2D eigenvalue weighted by molar-refractivity contribution is -0.141. The van der Waals surface area contributed by atoms with Crippen LogP contribution in [-0.2, 0) is 20.9 Å². The number of aryl methyl sites for hydroxylation is 2. The molecular formula is C43H52N10O5. The monoisotopic (exact) mass is 788 g/mol. The fourth-order valence-corrected chi connectivity index (χ4v) is 7.14. The van der Waals surface area contributed by atoms with Gasteiger partial charge < -0.3 is 26.2 Å². The topological polar surface area (TPSA) is 191 Å². The van der Waals surface area contributed by atoms with Gasteiger partial charge in [-0.15, -0.1) is 0 Å². The van der Waals surface area contributed by atoms with E-state index in [0.717, 1.165) is 16.8 Å². The van der Waals surface area contributed by atoms with Crippen LogP contribution in [0.1, 0.15) is 86.2 Å². The highest BCUT2D eigenvalue weighted by Gasteiger charge is 2.40. The molecule has 6 amide bonds. The molecule has 2 aromatic carbocycles. The Labute approximate surface area is 338 Å². The average Bonchev–Trinajstić information content (AvgIpc) is 3.70. The minimum Gasteiger partial charge on any atom is -0.348 e. The molecule has 4 atom stereocenters. The van der Waals surface area contributed by atoms with Crippen LogP contribution in [0.25, 0.3) is 0 Å². The average molecular weight is 789 g/mol. The van der Waals surface area contributed by atoms with Gasteiger partial charge in [-0.05, 0) is 80.8 Å². The smallest absolute Gasteiger partial charge is 0.327 e. The largest absolute Gasteiger partial charge is 0.348 e. The Morgan fingerprint density at radius 1 is 0.845 bits per heavy atom. The molecule has 0 radical (unpaired) electrons. The molecule has 58 heavy (non-hydrogen) atoms. The van der Waals surface area contributed by atoms with Crippen molar-refractivity contribution >= 4 is 52.8 Å². The van der Waals surface area contributed by atoms with Gasteiger partial charge in [-0.2, -0.15) is 4.98 Å². The minimum absolute atomic E-state index is 0.163. The molecule has 0 saturated carbocycles. The van der Waals surface area contributed by atoms with Crippen LogP contribution in [0.5, 0.6) is 0 Å². The summed E-state index contributed by atoms with van der Waals surface area (Å²) in [7, 11) is 0. The lowest BCUT2D eigenvalue weighted by atomic mass is 10.00. The molecule has 6 rings (SSSR count). The Bertz CT molecular complexity index is 2160. The summed E-state index contributed by atoms with van der Waals surface area (Å²) in [6.45, 7) is 13.5. The third-order valence-electron chi connectivity index (χ3n) is 10.6. The number of rotatable bonds is 13. The summed E-state index contributed by atoms with van der Waals surface area (Å²) in [6.07, 6.45) is 4.34. The van der Waals surface area contributed by atoms with E-state index in [4.69, 9.17) is 0 Å². The third-order valence-corrected chi connectivity index (χ3v) is 10.6. The predicted octanol–water partition coefficient (Wildman–Crippen LogP) is 5.55. The van der Waals surface area contributed by atoms with Crippen molar-refractivity contribution in [2.24, 2.45) is 11.8 Å². The molecule has 15 heteroatoms. The number of amides is 6. The summed E-state index contributed by atoms with van der Waals surface area (Å²) in [4.78, 5) is 84.9. The number of pyridine rings is 1. The molecular weight excluding hydrogens is 737 g/mol. The second-order valence-corrected chi connectivity index (χ2v) is 15.7. The van der Waals surface area contributed by atoms with Crippen LogP contribution in [0.4, 0.5) is 27.9 Å². The molecule has 304 valence electrons. The summed E-state index contributed by atoms with van der Waals surface area (Å²) in [5.41, 5.74) is 4.72. The molecule has 2 aliphatic rings. The van der Waals surface area contributed by atoms with Crippen molar-refractivity contribution in [3.8, 4) is 0 Å². The standard InChI is InChI=1S/C43H52N10O5/c1-24(2)35(40(56)46-28(7)29-12-9-8-10-13-29)48-39(55)33-14-11-19-52(33)41(57)36(25(3)4)49-38(54)30-17-15-26(5)34(20-30)53-23-31-21-45-42(50-37(31)51-43(53)58)47-32-18-16-27(6)44-22-32/h8-10,12-13,15-18,20-22,24-25,28,33,35-36H,11,14,19,23H2,1-7H3,(H,46,56)(H,48,55)(H,49,54)(H2,45,47,50,51,58)/t28-,33+,35+,36+/m1/s1. The van der Waals surface area contributed by atoms with Crippen LogP contribution < -0.4 is 31.5 Å². The normalized spacial score (nSPS) is 16.6. The second kappa shape index (κ2) is 17.8. The summed E-state index contributed by atoms with van der Waals surface area (Å²) in [5, 5.41) is 14.8. The molecule has 0 spiro atoms. The molecule has 4 heterocycles. The number of fused-ring (bicyclic) bond motifs is 1. The van der Waals surface area contributed by atoms with E-state index >= 15 is 0 Å². The van der Waals surface area contributed by atoms with Crippen molar-refractivity contribution in [1.29, 1.82) is 0 Å².